The highest BCUT2D eigenvalue weighted by Crippen LogP contribution is 2.29. The van der Waals surface area contributed by atoms with E-state index in [9.17, 15) is 17.6 Å². The molecule has 120 valence electrons. The van der Waals surface area contributed by atoms with Gasteiger partial charge in [-0.15, -0.1) is 16.6 Å². The van der Waals surface area contributed by atoms with Crippen molar-refractivity contribution < 1.29 is 17.6 Å². The van der Waals surface area contributed by atoms with Crippen LogP contribution in [0, 0.1) is 18.2 Å². The van der Waals surface area contributed by atoms with Crippen molar-refractivity contribution in [3.63, 3.8) is 0 Å². The van der Waals surface area contributed by atoms with Gasteiger partial charge in [0, 0.05) is 30.8 Å². The van der Waals surface area contributed by atoms with E-state index < -0.39 is 17.8 Å². The van der Waals surface area contributed by atoms with E-state index in [-0.39, 0.29) is 25.5 Å². The molecule has 0 saturated carbocycles. The zero-order chi connectivity index (χ0) is 16.6. The molecule has 1 aliphatic heterocycles. The molecular formula is C15H12F4N4. The molecule has 8 heteroatoms. The summed E-state index contributed by atoms with van der Waals surface area (Å²) in [5, 5.41) is 6.81. The van der Waals surface area contributed by atoms with Crippen molar-refractivity contribution in [2.75, 3.05) is 6.54 Å². The molecule has 0 atom stereocenters. The lowest BCUT2D eigenvalue weighted by molar-refractivity contribution is -0.148. The molecule has 1 aromatic carbocycles. The fraction of sp³-hybridized carbons (Fsp3) is 0.333. The van der Waals surface area contributed by atoms with E-state index in [0.717, 1.165) is 4.57 Å². The van der Waals surface area contributed by atoms with Crippen molar-refractivity contribution in [1.82, 2.24) is 19.7 Å². The van der Waals surface area contributed by atoms with Gasteiger partial charge in [0.25, 0.3) is 0 Å². The highest BCUT2D eigenvalue weighted by atomic mass is 19.4. The van der Waals surface area contributed by atoms with Crippen LogP contribution in [0.5, 0.6) is 0 Å². The van der Waals surface area contributed by atoms with Gasteiger partial charge in [0.2, 0.25) is 5.82 Å². The fourth-order valence-corrected chi connectivity index (χ4v) is 2.58. The molecule has 0 amide bonds. The second kappa shape index (κ2) is 5.66. The number of benzene rings is 1. The Morgan fingerprint density at radius 3 is 2.70 bits per heavy atom. The molecule has 0 radical (unpaired) electrons. The number of terminal acetylenes is 1. The fourth-order valence-electron chi connectivity index (χ4n) is 2.58. The molecule has 0 bridgehead atoms. The number of halogens is 4. The third-order valence-corrected chi connectivity index (χ3v) is 3.69. The molecule has 0 spiro atoms. The number of alkyl halides is 3. The summed E-state index contributed by atoms with van der Waals surface area (Å²) < 4.78 is 53.3. The van der Waals surface area contributed by atoms with Gasteiger partial charge in [-0.1, -0.05) is 5.92 Å². The van der Waals surface area contributed by atoms with Crippen LogP contribution in [0.3, 0.4) is 0 Å². The molecule has 1 aromatic heterocycles. The molecule has 0 N–H and O–H groups in total. The van der Waals surface area contributed by atoms with Crippen molar-refractivity contribution >= 4 is 0 Å². The van der Waals surface area contributed by atoms with Crippen LogP contribution >= 0.6 is 0 Å². The van der Waals surface area contributed by atoms with Crippen molar-refractivity contribution in [3.8, 4) is 12.3 Å². The quantitative estimate of drug-likeness (QED) is 0.628. The summed E-state index contributed by atoms with van der Waals surface area (Å²) in [5.74, 6) is 1.26. The summed E-state index contributed by atoms with van der Waals surface area (Å²) >= 11 is 0. The molecule has 0 saturated heterocycles. The first kappa shape index (κ1) is 15.5. The lowest BCUT2D eigenvalue weighted by Gasteiger charge is -2.28. The van der Waals surface area contributed by atoms with Gasteiger partial charge in [0.1, 0.15) is 11.6 Å². The van der Waals surface area contributed by atoms with Gasteiger partial charge in [-0.25, -0.2) is 4.39 Å². The van der Waals surface area contributed by atoms with E-state index in [1.807, 2.05) is 4.90 Å². The van der Waals surface area contributed by atoms with Gasteiger partial charge in [-0.05, 0) is 18.2 Å². The zero-order valence-corrected chi connectivity index (χ0v) is 11.9. The topological polar surface area (TPSA) is 34.0 Å². The van der Waals surface area contributed by atoms with Crippen LogP contribution in [0.1, 0.15) is 22.8 Å². The largest absolute Gasteiger partial charge is 0.451 e. The molecule has 23 heavy (non-hydrogen) atoms. The predicted molar refractivity (Wildman–Crippen MR) is 73.5 cm³/mol. The molecule has 0 unspecified atom stereocenters. The maximum atomic E-state index is 13.8. The highest BCUT2D eigenvalue weighted by Gasteiger charge is 2.39. The van der Waals surface area contributed by atoms with Crippen LogP contribution in [-0.2, 0) is 25.8 Å². The third-order valence-electron chi connectivity index (χ3n) is 3.69. The van der Waals surface area contributed by atoms with Gasteiger partial charge < -0.3 is 4.57 Å². The molecule has 0 aliphatic carbocycles. The van der Waals surface area contributed by atoms with Crippen LogP contribution in [0.15, 0.2) is 18.2 Å². The van der Waals surface area contributed by atoms with Gasteiger partial charge in [-0.2, -0.15) is 13.2 Å². The van der Waals surface area contributed by atoms with Crippen LogP contribution < -0.4 is 0 Å². The molecule has 3 rings (SSSR count). The Morgan fingerprint density at radius 1 is 1.22 bits per heavy atom. The summed E-state index contributed by atoms with van der Waals surface area (Å²) in [6, 6.07) is 4.36. The van der Waals surface area contributed by atoms with Gasteiger partial charge in [-0.3, -0.25) is 4.90 Å². The monoisotopic (exact) mass is 324 g/mol. The first-order valence-electron chi connectivity index (χ1n) is 6.85. The van der Waals surface area contributed by atoms with Crippen LogP contribution in [0.2, 0.25) is 0 Å². The zero-order valence-electron chi connectivity index (χ0n) is 11.9. The maximum absolute atomic E-state index is 13.8. The van der Waals surface area contributed by atoms with Crippen molar-refractivity contribution in [3.05, 3.63) is 46.8 Å². The smallest absolute Gasteiger partial charge is 0.305 e. The number of aromatic nitrogens is 3. The van der Waals surface area contributed by atoms with Crippen LogP contribution in [0.25, 0.3) is 0 Å². The first-order valence-corrected chi connectivity index (χ1v) is 6.85. The van der Waals surface area contributed by atoms with Gasteiger partial charge in [0.15, 0.2) is 0 Å². The van der Waals surface area contributed by atoms with Crippen molar-refractivity contribution in [2.45, 2.75) is 25.8 Å². The van der Waals surface area contributed by atoms with Crippen molar-refractivity contribution in [1.29, 1.82) is 0 Å². The number of nitrogens with zero attached hydrogens (tertiary/aromatic N) is 4. The van der Waals surface area contributed by atoms with Crippen LogP contribution in [-0.4, -0.2) is 26.2 Å². The predicted octanol–water partition coefficient (Wildman–Crippen LogP) is 2.43. The number of hydrogen-bond acceptors (Lipinski definition) is 3. The Morgan fingerprint density at radius 2 is 2.00 bits per heavy atom. The second-order valence-electron chi connectivity index (χ2n) is 5.25. The molecule has 0 fully saturated rings. The molecule has 4 nitrogen and oxygen atoms in total. The van der Waals surface area contributed by atoms with Crippen LogP contribution in [0.4, 0.5) is 17.6 Å². The average Bonchev–Trinajstić information content (AvgIpc) is 2.92. The summed E-state index contributed by atoms with van der Waals surface area (Å²) in [6.07, 6.45) is 0.767. The van der Waals surface area contributed by atoms with E-state index in [2.05, 4.69) is 16.1 Å². The van der Waals surface area contributed by atoms with E-state index in [1.165, 1.54) is 12.1 Å². The minimum Gasteiger partial charge on any atom is -0.305 e. The second-order valence-corrected chi connectivity index (χ2v) is 5.25. The normalized spacial score (nSPS) is 15.3. The molecular weight excluding hydrogens is 312 g/mol. The molecule has 2 aromatic rings. The lowest BCUT2D eigenvalue weighted by atomic mass is 10.1. The Labute approximate surface area is 129 Å². The number of fused-ring (bicyclic) bond motifs is 1. The number of hydrogen-bond donors (Lipinski definition) is 0. The molecule has 2 heterocycles. The maximum Gasteiger partial charge on any atom is 0.451 e. The SMILES string of the molecule is C#Cc1ccc(F)c(CN2CCn3c(nnc3C(F)(F)F)C2)c1. The summed E-state index contributed by atoms with van der Waals surface area (Å²) in [7, 11) is 0. The first-order chi connectivity index (χ1) is 10.9. The Balaban J connectivity index is 1.79. The Kier molecular flexibility index (Phi) is 3.82. The van der Waals surface area contributed by atoms with E-state index in [1.54, 1.807) is 6.07 Å². The molecule has 1 aliphatic rings. The summed E-state index contributed by atoms with van der Waals surface area (Å²) in [6.45, 7) is 0.861. The standard InChI is InChI=1S/C15H12F4N4/c1-2-10-3-4-12(16)11(7-10)8-22-5-6-23-13(9-22)20-21-14(23)15(17,18)19/h1,3-4,7H,5-6,8-9H2. The Hall–Kier alpha value is -2.40. The summed E-state index contributed by atoms with van der Waals surface area (Å²) in [5.41, 5.74) is 0.963. The van der Waals surface area contributed by atoms with Crippen molar-refractivity contribution in [2.24, 2.45) is 0 Å². The average molecular weight is 324 g/mol. The van der Waals surface area contributed by atoms with E-state index in [0.29, 0.717) is 17.7 Å². The van der Waals surface area contributed by atoms with Gasteiger partial charge in [0.05, 0.1) is 6.54 Å². The Bertz CT molecular complexity index is 773. The third kappa shape index (κ3) is 3.05. The minimum absolute atomic E-state index is 0.105. The van der Waals surface area contributed by atoms with E-state index in [4.69, 9.17) is 6.42 Å². The summed E-state index contributed by atoms with van der Waals surface area (Å²) in [4.78, 5) is 1.81. The highest BCUT2D eigenvalue weighted by molar-refractivity contribution is 5.36. The lowest BCUT2D eigenvalue weighted by Crippen LogP contribution is -2.35. The van der Waals surface area contributed by atoms with E-state index >= 15 is 0 Å². The minimum atomic E-state index is -4.53. The van der Waals surface area contributed by atoms with Gasteiger partial charge >= 0.3 is 6.18 Å². The number of rotatable bonds is 2.